The zero-order valence-electron chi connectivity index (χ0n) is 9.69. The SMILES string of the molecule is COCC(O)CNc1c(C#N)c(C)nn1C. The maximum absolute atomic E-state index is 9.47. The number of aromatic nitrogens is 2. The van der Waals surface area contributed by atoms with E-state index in [9.17, 15) is 5.11 Å². The van der Waals surface area contributed by atoms with E-state index in [1.165, 1.54) is 7.11 Å². The summed E-state index contributed by atoms with van der Waals surface area (Å²) in [7, 11) is 3.27. The lowest BCUT2D eigenvalue weighted by molar-refractivity contribution is 0.0726. The predicted molar refractivity (Wildman–Crippen MR) is 59.0 cm³/mol. The van der Waals surface area contributed by atoms with Crippen LogP contribution in [0.25, 0.3) is 0 Å². The van der Waals surface area contributed by atoms with Crippen molar-refractivity contribution in [2.75, 3.05) is 25.6 Å². The van der Waals surface area contributed by atoms with Gasteiger partial charge >= 0.3 is 0 Å². The van der Waals surface area contributed by atoms with Gasteiger partial charge in [-0.2, -0.15) is 10.4 Å². The summed E-state index contributed by atoms with van der Waals surface area (Å²) >= 11 is 0. The number of aliphatic hydroxyl groups is 1. The molecule has 16 heavy (non-hydrogen) atoms. The Kier molecular flexibility index (Phi) is 4.28. The molecule has 1 rings (SSSR count). The van der Waals surface area contributed by atoms with Crippen molar-refractivity contribution in [2.24, 2.45) is 7.05 Å². The average molecular weight is 224 g/mol. The van der Waals surface area contributed by atoms with Crippen molar-refractivity contribution < 1.29 is 9.84 Å². The Hall–Kier alpha value is -1.58. The van der Waals surface area contributed by atoms with Crippen molar-refractivity contribution in [3.8, 4) is 6.07 Å². The molecule has 1 aromatic rings. The molecule has 0 saturated carbocycles. The normalized spacial score (nSPS) is 12.2. The highest BCUT2D eigenvalue weighted by Gasteiger charge is 2.13. The molecule has 0 aromatic carbocycles. The van der Waals surface area contributed by atoms with Crippen molar-refractivity contribution in [3.05, 3.63) is 11.3 Å². The summed E-state index contributed by atoms with van der Waals surface area (Å²) < 4.78 is 6.40. The van der Waals surface area contributed by atoms with Gasteiger partial charge in [-0.05, 0) is 6.92 Å². The van der Waals surface area contributed by atoms with E-state index in [4.69, 9.17) is 10.00 Å². The molecule has 0 saturated heterocycles. The van der Waals surface area contributed by atoms with Gasteiger partial charge in [-0.3, -0.25) is 4.68 Å². The Morgan fingerprint density at radius 3 is 2.94 bits per heavy atom. The first-order chi connectivity index (χ1) is 7.60. The Morgan fingerprint density at radius 1 is 1.69 bits per heavy atom. The van der Waals surface area contributed by atoms with Crippen LogP contribution in [0.3, 0.4) is 0 Å². The maximum Gasteiger partial charge on any atom is 0.142 e. The van der Waals surface area contributed by atoms with Crippen LogP contribution in [0.5, 0.6) is 0 Å². The first-order valence-corrected chi connectivity index (χ1v) is 4.94. The molecule has 0 aliphatic carbocycles. The lowest BCUT2D eigenvalue weighted by Crippen LogP contribution is -2.25. The fourth-order valence-electron chi connectivity index (χ4n) is 1.46. The molecule has 0 bridgehead atoms. The van der Waals surface area contributed by atoms with Crippen LogP contribution in [0.1, 0.15) is 11.3 Å². The standard InChI is InChI=1S/C10H16N4O2/c1-7-9(4-11)10(14(2)13-7)12-5-8(15)6-16-3/h8,12,15H,5-6H2,1-3H3. The van der Waals surface area contributed by atoms with Gasteiger partial charge in [-0.25, -0.2) is 0 Å². The summed E-state index contributed by atoms with van der Waals surface area (Å²) in [4.78, 5) is 0. The number of hydrogen-bond donors (Lipinski definition) is 2. The summed E-state index contributed by atoms with van der Waals surface area (Å²) in [5.74, 6) is 0.621. The monoisotopic (exact) mass is 224 g/mol. The molecule has 2 N–H and O–H groups in total. The van der Waals surface area contributed by atoms with E-state index in [1.807, 2.05) is 0 Å². The van der Waals surface area contributed by atoms with Crippen molar-refractivity contribution in [2.45, 2.75) is 13.0 Å². The van der Waals surface area contributed by atoms with Crippen LogP contribution in [-0.2, 0) is 11.8 Å². The van der Waals surface area contributed by atoms with Gasteiger partial charge in [0, 0.05) is 20.7 Å². The lowest BCUT2D eigenvalue weighted by Gasteiger charge is -2.11. The quantitative estimate of drug-likeness (QED) is 0.736. The number of rotatable bonds is 5. The summed E-state index contributed by atoms with van der Waals surface area (Å²) in [6.45, 7) is 2.35. The smallest absolute Gasteiger partial charge is 0.142 e. The van der Waals surface area contributed by atoms with Gasteiger partial charge in [-0.15, -0.1) is 0 Å². The highest BCUT2D eigenvalue weighted by molar-refractivity contribution is 5.54. The molecule has 0 radical (unpaired) electrons. The molecule has 0 spiro atoms. The fraction of sp³-hybridized carbons (Fsp3) is 0.600. The van der Waals surface area contributed by atoms with Crippen molar-refractivity contribution >= 4 is 5.82 Å². The van der Waals surface area contributed by atoms with Gasteiger partial charge in [0.25, 0.3) is 0 Å². The second-order valence-electron chi connectivity index (χ2n) is 3.53. The van der Waals surface area contributed by atoms with E-state index >= 15 is 0 Å². The molecule has 6 nitrogen and oxygen atoms in total. The van der Waals surface area contributed by atoms with Gasteiger partial charge in [-0.1, -0.05) is 0 Å². The van der Waals surface area contributed by atoms with E-state index < -0.39 is 6.10 Å². The van der Waals surface area contributed by atoms with E-state index in [1.54, 1.807) is 18.7 Å². The molecule has 0 fully saturated rings. The fourth-order valence-corrected chi connectivity index (χ4v) is 1.46. The van der Waals surface area contributed by atoms with Gasteiger partial charge in [0.1, 0.15) is 17.5 Å². The third kappa shape index (κ3) is 2.72. The first kappa shape index (κ1) is 12.5. The summed E-state index contributed by atoms with van der Waals surface area (Å²) in [6.07, 6.45) is -0.605. The largest absolute Gasteiger partial charge is 0.389 e. The van der Waals surface area contributed by atoms with Crippen molar-refractivity contribution in [3.63, 3.8) is 0 Å². The summed E-state index contributed by atoms with van der Waals surface area (Å²) in [5, 5.41) is 25.5. The molecular formula is C10H16N4O2. The third-order valence-corrected chi connectivity index (χ3v) is 2.20. The van der Waals surface area contributed by atoms with Gasteiger partial charge in [0.05, 0.1) is 18.4 Å². The van der Waals surface area contributed by atoms with Gasteiger partial charge < -0.3 is 15.2 Å². The van der Waals surface area contributed by atoms with Crippen LogP contribution in [-0.4, -0.2) is 41.3 Å². The number of ether oxygens (including phenoxy) is 1. The minimum atomic E-state index is -0.605. The Balaban J connectivity index is 2.70. The molecule has 1 atom stereocenters. The minimum absolute atomic E-state index is 0.256. The highest BCUT2D eigenvalue weighted by Crippen LogP contribution is 2.16. The number of aryl methyl sites for hydroxylation is 2. The molecule has 88 valence electrons. The highest BCUT2D eigenvalue weighted by atomic mass is 16.5. The molecule has 0 aliphatic heterocycles. The van der Waals surface area contributed by atoms with E-state index in [0.29, 0.717) is 23.6 Å². The number of nitrogens with zero attached hydrogens (tertiary/aromatic N) is 3. The zero-order chi connectivity index (χ0) is 12.1. The molecule has 6 heteroatoms. The van der Waals surface area contributed by atoms with E-state index in [2.05, 4.69) is 16.5 Å². The molecule has 1 unspecified atom stereocenters. The van der Waals surface area contributed by atoms with Crippen LogP contribution < -0.4 is 5.32 Å². The Morgan fingerprint density at radius 2 is 2.38 bits per heavy atom. The van der Waals surface area contributed by atoms with Gasteiger partial charge in [0.15, 0.2) is 0 Å². The topological polar surface area (TPSA) is 83.1 Å². The summed E-state index contributed by atoms with van der Waals surface area (Å²) in [6, 6.07) is 2.08. The van der Waals surface area contributed by atoms with Gasteiger partial charge in [0.2, 0.25) is 0 Å². The van der Waals surface area contributed by atoms with Crippen LogP contribution in [0.4, 0.5) is 5.82 Å². The van der Waals surface area contributed by atoms with E-state index in [0.717, 1.165) is 0 Å². The average Bonchev–Trinajstić information content (AvgIpc) is 2.50. The number of anilines is 1. The Bertz CT molecular complexity index is 394. The number of nitriles is 1. The molecule has 1 heterocycles. The number of hydrogen-bond acceptors (Lipinski definition) is 5. The number of nitrogens with one attached hydrogen (secondary N) is 1. The first-order valence-electron chi connectivity index (χ1n) is 4.94. The molecular weight excluding hydrogens is 208 g/mol. The maximum atomic E-state index is 9.47. The molecule has 0 amide bonds. The molecule has 0 aliphatic rings. The number of methoxy groups -OCH3 is 1. The minimum Gasteiger partial charge on any atom is -0.389 e. The Labute approximate surface area is 94.4 Å². The second kappa shape index (κ2) is 5.49. The van der Waals surface area contributed by atoms with Crippen molar-refractivity contribution in [1.29, 1.82) is 5.26 Å². The second-order valence-corrected chi connectivity index (χ2v) is 3.53. The van der Waals surface area contributed by atoms with Crippen LogP contribution in [0.2, 0.25) is 0 Å². The van der Waals surface area contributed by atoms with Crippen LogP contribution in [0.15, 0.2) is 0 Å². The van der Waals surface area contributed by atoms with Crippen LogP contribution in [0, 0.1) is 18.3 Å². The van der Waals surface area contributed by atoms with Crippen molar-refractivity contribution in [1.82, 2.24) is 9.78 Å². The molecule has 1 aromatic heterocycles. The third-order valence-electron chi connectivity index (χ3n) is 2.20. The summed E-state index contributed by atoms with van der Waals surface area (Å²) in [5.41, 5.74) is 1.18. The zero-order valence-corrected chi connectivity index (χ0v) is 9.69. The van der Waals surface area contributed by atoms with E-state index in [-0.39, 0.29) is 6.61 Å². The van der Waals surface area contributed by atoms with Crippen LogP contribution >= 0.6 is 0 Å². The number of aliphatic hydroxyl groups excluding tert-OH is 1. The predicted octanol–water partition coefficient (Wildman–Crippen LogP) is 0.0194. The lowest BCUT2D eigenvalue weighted by atomic mass is 10.2.